The fourth-order valence-electron chi connectivity index (χ4n) is 2.54. The number of halogens is 1. The van der Waals surface area contributed by atoms with E-state index in [0.29, 0.717) is 26.7 Å². The minimum Gasteiger partial charge on any atom is -0.427 e. The van der Waals surface area contributed by atoms with Crippen LogP contribution < -0.4 is 15.0 Å². The number of fused-ring (bicyclic) bond motifs is 1. The number of carbonyl (C=O) groups excluding carboxylic acids is 2. The fourth-order valence-corrected chi connectivity index (χ4v) is 3.07. The average Bonchev–Trinajstić information content (AvgIpc) is 2.65. The lowest BCUT2D eigenvalue weighted by Crippen LogP contribution is -2.18. The molecule has 0 saturated heterocycles. The van der Waals surface area contributed by atoms with E-state index in [2.05, 4.69) is 15.9 Å². The molecule has 1 aromatic heterocycles. The van der Waals surface area contributed by atoms with E-state index in [1.165, 1.54) is 17.6 Å². The first-order valence-corrected chi connectivity index (χ1v) is 8.63. The third kappa shape index (κ3) is 4.07. The highest BCUT2D eigenvalue weighted by Crippen LogP contribution is 2.27. The van der Waals surface area contributed by atoms with E-state index in [0.717, 1.165) is 0 Å². The number of carbonyl (C=O) groups is 2. The van der Waals surface area contributed by atoms with Crippen molar-refractivity contribution in [2.24, 2.45) is 0 Å². The molecule has 1 N–H and O–H groups in total. The van der Waals surface area contributed by atoms with Gasteiger partial charge in [-0.15, -0.1) is 0 Å². The standard InChI is InChI=1S/C19H14BrNO6/c1-11(23)26-13-4-2-12(3-5-13)21-9-17(20)16-8-14(27-18(24)10-22)6-7-15(16)19(21)25/h2-9,22H,10H2,1H3. The quantitative estimate of drug-likeness (QED) is 0.503. The van der Waals surface area contributed by atoms with Crippen LogP contribution in [0.3, 0.4) is 0 Å². The molecule has 2 aromatic carbocycles. The van der Waals surface area contributed by atoms with Gasteiger partial charge in [-0.25, -0.2) is 4.79 Å². The van der Waals surface area contributed by atoms with Crippen molar-refractivity contribution in [1.82, 2.24) is 4.57 Å². The summed E-state index contributed by atoms with van der Waals surface area (Å²) in [5, 5.41) is 9.75. The predicted octanol–water partition coefficient (Wildman–Crippen LogP) is 2.58. The molecule has 0 bridgehead atoms. The number of rotatable bonds is 4. The van der Waals surface area contributed by atoms with Gasteiger partial charge in [0.05, 0.1) is 0 Å². The molecule has 138 valence electrons. The molecule has 27 heavy (non-hydrogen) atoms. The summed E-state index contributed by atoms with van der Waals surface area (Å²) in [7, 11) is 0. The predicted molar refractivity (Wildman–Crippen MR) is 101 cm³/mol. The molecule has 0 aliphatic carbocycles. The smallest absolute Gasteiger partial charge is 0.337 e. The number of benzene rings is 2. The van der Waals surface area contributed by atoms with Gasteiger partial charge in [0.2, 0.25) is 0 Å². The molecule has 3 rings (SSSR count). The van der Waals surface area contributed by atoms with Crippen LogP contribution in [-0.4, -0.2) is 28.2 Å². The summed E-state index contributed by atoms with van der Waals surface area (Å²) in [6.45, 7) is 0.578. The monoisotopic (exact) mass is 431 g/mol. The zero-order chi connectivity index (χ0) is 19.6. The van der Waals surface area contributed by atoms with Crippen molar-refractivity contribution in [3.05, 3.63) is 63.5 Å². The second-order valence-corrected chi connectivity index (χ2v) is 6.43. The molecule has 0 atom stereocenters. The van der Waals surface area contributed by atoms with Crippen molar-refractivity contribution in [2.75, 3.05) is 6.61 Å². The van der Waals surface area contributed by atoms with Crippen molar-refractivity contribution in [3.63, 3.8) is 0 Å². The van der Waals surface area contributed by atoms with Gasteiger partial charge in [0.25, 0.3) is 5.56 Å². The SMILES string of the molecule is CC(=O)Oc1ccc(-n2cc(Br)c3cc(OC(=O)CO)ccc3c2=O)cc1. The van der Waals surface area contributed by atoms with Crippen molar-refractivity contribution >= 4 is 38.6 Å². The Morgan fingerprint density at radius 2 is 1.70 bits per heavy atom. The molecule has 0 saturated carbocycles. The van der Waals surface area contributed by atoms with E-state index in [4.69, 9.17) is 14.6 Å². The van der Waals surface area contributed by atoms with Crippen molar-refractivity contribution in [1.29, 1.82) is 0 Å². The molecule has 0 radical (unpaired) electrons. The Kier molecular flexibility index (Phi) is 5.38. The van der Waals surface area contributed by atoms with Crippen LogP contribution in [0.2, 0.25) is 0 Å². The van der Waals surface area contributed by atoms with Gasteiger partial charge in [0.1, 0.15) is 18.1 Å². The van der Waals surface area contributed by atoms with Gasteiger partial charge in [-0.2, -0.15) is 0 Å². The number of nitrogens with zero attached hydrogens (tertiary/aromatic N) is 1. The van der Waals surface area contributed by atoms with Crippen LogP contribution in [0, 0.1) is 0 Å². The summed E-state index contributed by atoms with van der Waals surface area (Å²) in [6, 6.07) is 11.1. The number of aliphatic hydroxyl groups excluding tert-OH is 1. The van der Waals surface area contributed by atoms with Crippen LogP contribution in [0.5, 0.6) is 11.5 Å². The highest BCUT2D eigenvalue weighted by Gasteiger charge is 2.12. The number of hydrogen-bond donors (Lipinski definition) is 1. The molecule has 0 fully saturated rings. The molecular formula is C19H14BrNO6. The van der Waals surface area contributed by atoms with E-state index >= 15 is 0 Å². The molecule has 8 heteroatoms. The largest absolute Gasteiger partial charge is 0.427 e. The molecule has 1 heterocycles. The van der Waals surface area contributed by atoms with Gasteiger partial charge < -0.3 is 14.6 Å². The Hall–Kier alpha value is -2.97. The molecule has 0 amide bonds. The Labute approximate surface area is 161 Å². The Balaban J connectivity index is 2.04. The van der Waals surface area contributed by atoms with Gasteiger partial charge in [-0.1, -0.05) is 0 Å². The van der Waals surface area contributed by atoms with Gasteiger partial charge in [0, 0.05) is 34.1 Å². The average molecular weight is 432 g/mol. The molecule has 0 spiro atoms. The van der Waals surface area contributed by atoms with Crippen molar-refractivity contribution in [3.8, 4) is 17.2 Å². The van der Waals surface area contributed by atoms with Crippen LogP contribution >= 0.6 is 15.9 Å². The third-order valence-corrected chi connectivity index (χ3v) is 4.31. The van der Waals surface area contributed by atoms with Crippen LogP contribution in [0.25, 0.3) is 16.5 Å². The van der Waals surface area contributed by atoms with Gasteiger partial charge in [-0.05, 0) is 58.4 Å². The Morgan fingerprint density at radius 1 is 1.04 bits per heavy atom. The number of aliphatic hydroxyl groups is 1. The van der Waals surface area contributed by atoms with E-state index < -0.39 is 18.5 Å². The molecule has 0 aliphatic heterocycles. The Bertz CT molecular complexity index is 1090. The number of ether oxygens (including phenoxy) is 2. The molecular weight excluding hydrogens is 418 g/mol. The lowest BCUT2D eigenvalue weighted by atomic mass is 10.1. The first-order valence-electron chi connectivity index (χ1n) is 7.84. The van der Waals surface area contributed by atoms with Crippen molar-refractivity contribution < 1.29 is 24.2 Å². The van der Waals surface area contributed by atoms with E-state index in [9.17, 15) is 14.4 Å². The summed E-state index contributed by atoms with van der Waals surface area (Å²) in [5.74, 6) is -0.600. The number of esters is 2. The molecule has 0 unspecified atom stereocenters. The molecule has 7 nitrogen and oxygen atoms in total. The van der Waals surface area contributed by atoms with Gasteiger partial charge >= 0.3 is 11.9 Å². The molecule has 3 aromatic rings. The lowest BCUT2D eigenvalue weighted by molar-refractivity contribution is -0.137. The summed E-state index contributed by atoms with van der Waals surface area (Å²) >= 11 is 3.42. The highest BCUT2D eigenvalue weighted by molar-refractivity contribution is 9.10. The summed E-state index contributed by atoms with van der Waals surface area (Å²) in [5.41, 5.74) is 0.322. The number of hydrogen-bond acceptors (Lipinski definition) is 6. The second kappa shape index (κ2) is 7.73. The fraction of sp³-hybridized carbons (Fsp3) is 0.105. The highest BCUT2D eigenvalue weighted by atomic mass is 79.9. The number of pyridine rings is 1. The van der Waals surface area contributed by atoms with Gasteiger partial charge in [-0.3, -0.25) is 14.2 Å². The normalized spacial score (nSPS) is 10.6. The van der Waals surface area contributed by atoms with Gasteiger partial charge in [0.15, 0.2) is 0 Å². The van der Waals surface area contributed by atoms with Crippen molar-refractivity contribution in [2.45, 2.75) is 6.92 Å². The first-order chi connectivity index (χ1) is 12.9. The van der Waals surface area contributed by atoms with Crippen LogP contribution in [-0.2, 0) is 9.59 Å². The van der Waals surface area contributed by atoms with Crippen LogP contribution in [0.4, 0.5) is 0 Å². The zero-order valence-electron chi connectivity index (χ0n) is 14.1. The maximum absolute atomic E-state index is 12.8. The minimum absolute atomic E-state index is 0.227. The van der Waals surface area contributed by atoms with E-state index in [1.807, 2.05) is 0 Å². The summed E-state index contributed by atoms with van der Waals surface area (Å²) in [4.78, 5) is 35.1. The minimum atomic E-state index is -0.785. The maximum atomic E-state index is 12.8. The summed E-state index contributed by atoms with van der Waals surface area (Å²) in [6.07, 6.45) is 1.60. The Morgan fingerprint density at radius 3 is 2.33 bits per heavy atom. The number of aromatic nitrogens is 1. The van der Waals surface area contributed by atoms with Crippen LogP contribution in [0.15, 0.2) is 57.9 Å². The second-order valence-electron chi connectivity index (χ2n) is 5.58. The zero-order valence-corrected chi connectivity index (χ0v) is 15.7. The third-order valence-electron chi connectivity index (χ3n) is 3.68. The maximum Gasteiger partial charge on any atom is 0.337 e. The first kappa shape index (κ1) is 18.8. The van der Waals surface area contributed by atoms with Crippen LogP contribution in [0.1, 0.15) is 6.92 Å². The topological polar surface area (TPSA) is 94.8 Å². The summed E-state index contributed by atoms with van der Waals surface area (Å²) < 4.78 is 12.0. The lowest BCUT2D eigenvalue weighted by Gasteiger charge is -2.11. The molecule has 0 aliphatic rings. The van der Waals surface area contributed by atoms with E-state index in [1.54, 1.807) is 42.6 Å². The van der Waals surface area contributed by atoms with E-state index in [-0.39, 0.29) is 11.3 Å².